The lowest BCUT2D eigenvalue weighted by molar-refractivity contribution is 0.0687. The van der Waals surface area contributed by atoms with E-state index in [9.17, 15) is 13.2 Å². The molecule has 0 atom stereocenters. The van der Waals surface area contributed by atoms with E-state index in [1.807, 2.05) is 13.8 Å². The number of rotatable bonds is 3. The van der Waals surface area contributed by atoms with Gasteiger partial charge in [-0.1, -0.05) is 20.8 Å². The number of aromatic amines is 1. The van der Waals surface area contributed by atoms with Crippen molar-refractivity contribution >= 4 is 15.9 Å². The van der Waals surface area contributed by atoms with Crippen molar-refractivity contribution in [1.82, 2.24) is 15.1 Å². The van der Waals surface area contributed by atoms with E-state index in [-0.39, 0.29) is 22.4 Å². The van der Waals surface area contributed by atoms with E-state index in [0.717, 1.165) is 12.8 Å². The Morgan fingerprint density at radius 3 is 2.43 bits per heavy atom. The molecule has 2 heterocycles. The van der Waals surface area contributed by atoms with Gasteiger partial charge in [-0.25, -0.2) is 13.6 Å². The standard InChI is InChI=1S/C13H22N4O3S/c1-8(2)10-12(21(14,19)20)11(16-15-10)13(18)17-6-4-9(3)5-7-17/h8-9H,4-7H2,1-3H3,(H,15,16)(H2,14,19,20). The first kappa shape index (κ1) is 16.0. The quantitative estimate of drug-likeness (QED) is 0.869. The molecule has 0 saturated carbocycles. The second-order valence-corrected chi connectivity index (χ2v) is 7.49. The number of nitrogens with two attached hydrogens (primary N) is 1. The zero-order chi connectivity index (χ0) is 15.8. The molecule has 1 amide bonds. The van der Waals surface area contributed by atoms with Gasteiger partial charge in [0.25, 0.3) is 5.91 Å². The number of carbonyl (C=O) groups is 1. The number of hydrogen-bond donors (Lipinski definition) is 2. The van der Waals surface area contributed by atoms with Crippen LogP contribution in [0.2, 0.25) is 0 Å². The highest BCUT2D eigenvalue weighted by atomic mass is 32.2. The molecule has 8 heteroatoms. The number of likely N-dealkylation sites (tertiary alicyclic amines) is 1. The molecule has 1 aromatic heterocycles. The highest BCUT2D eigenvalue weighted by molar-refractivity contribution is 7.89. The van der Waals surface area contributed by atoms with Crippen LogP contribution in [-0.4, -0.2) is 42.5 Å². The molecule has 1 fully saturated rings. The number of aromatic nitrogens is 2. The van der Waals surface area contributed by atoms with Crippen LogP contribution in [0.3, 0.4) is 0 Å². The van der Waals surface area contributed by atoms with Gasteiger partial charge in [-0.15, -0.1) is 0 Å². The highest BCUT2D eigenvalue weighted by Crippen LogP contribution is 2.26. The zero-order valence-electron chi connectivity index (χ0n) is 12.6. The normalized spacial score (nSPS) is 17.5. The fourth-order valence-corrected chi connectivity index (χ4v) is 3.52. The minimum Gasteiger partial charge on any atom is -0.337 e. The zero-order valence-corrected chi connectivity index (χ0v) is 13.4. The molecular formula is C13H22N4O3S. The Balaban J connectivity index is 2.38. The molecule has 1 saturated heterocycles. The summed E-state index contributed by atoms with van der Waals surface area (Å²) in [6, 6.07) is 0. The Morgan fingerprint density at radius 1 is 1.38 bits per heavy atom. The lowest BCUT2D eigenvalue weighted by Gasteiger charge is -2.29. The van der Waals surface area contributed by atoms with Gasteiger partial charge in [0, 0.05) is 13.1 Å². The number of amides is 1. The Labute approximate surface area is 124 Å². The minimum absolute atomic E-state index is 0.0873. The maximum atomic E-state index is 12.5. The lowest BCUT2D eigenvalue weighted by Crippen LogP contribution is -2.38. The monoisotopic (exact) mass is 314 g/mol. The molecule has 1 aromatic rings. The van der Waals surface area contributed by atoms with Crippen LogP contribution in [0.5, 0.6) is 0 Å². The summed E-state index contributed by atoms with van der Waals surface area (Å²) in [5, 5.41) is 11.8. The molecule has 3 N–H and O–H groups in total. The van der Waals surface area contributed by atoms with Crippen LogP contribution in [0, 0.1) is 5.92 Å². The number of primary sulfonamides is 1. The highest BCUT2D eigenvalue weighted by Gasteiger charge is 2.32. The van der Waals surface area contributed by atoms with Gasteiger partial charge in [-0.3, -0.25) is 9.89 Å². The van der Waals surface area contributed by atoms with Crippen molar-refractivity contribution in [3.63, 3.8) is 0 Å². The molecule has 0 spiro atoms. The molecule has 0 radical (unpaired) electrons. The Kier molecular flexibility index (Phi) is 4.38. The topological polar surface area (TPSA) is 109 Å². The van der Waals surface area contributed by atoms with Crippen molar-refractivity contribution < 1.29 is 13.2 Å². The van der Waals surface area contributed by atoms with Crippen LogP contribution in [0.1, 0.15) is 55.7 Å². The number of carbonyl (C=O) groups excluding carboxylic acids is 1. The first-order valence-electron chi connectivity index (χ1n) is 7.12. The van der Waals surface area contributed by atoms with E-state index in [4.69, 9.17) is 5.14 Å². The van der Waals surface area contributed by atoms with Crippen LogP contribution in [0.15, 0.2) is 4.90 Å². The molecule has 21 heavy (non-hydrogen) atoms. The number of nitrogens with one attached hydrogen (secondary N) is 1. The fraction of sp³-hybridized carbons (Fsp3) is 0.692. The molecule has 0 unspecified atom stereocenters. The van der Waals surface area contributed by atoms with Gasteiger partial charge in [0.15, 0.2) is 5.69 Å². The van der Waals surface area contributed by atoms with E-state index in [1.54, 1.807) is 4.90 Å². The average Bonchev–Trinajstić information content (AvgIpc) is 2.83. The molecular weight excluding hydrogens is 292 g/mol. The summed E-state index contributed by atoms with van der Waals surface area (Å²) in [5.74, 6) is 0.0972. The first-order valence-corrected chi connectivity index (χ1v) is 8.66. The van der Waals surface area contributed by atoms with E-state index >= 15 is 0 Å². The first-order chi connectivity index (χ1) is 9.71. The van der Waals surface area contributed by atoms with E-state index in [2.05, 4.69) is 17.1 Å². The third kappa shape index (κ3) is 3.26. The molecule has 7 nitrogen and oxygen atoms in total. The number of H-pyrrole nitrogens is 1. The van der Waals surface area contributed by atoms with Crippen LogP contribution >= 0.6 is 0 Å². The molecule has 1 aliphatic rings. The maximum absolute atomic E-state index is 12.5. The van der Waals surface area contributed by atoms with Gasteiger partial charge < -0.3 is 4.90 Å². The number of sulfonamides is 1. The van der Waals surface area contributed by atoms with Crippen LogP contribution in [0.25, 0.3) is 0 Å². The molecule has 2 rings (SSSR count). The number of piperidine rings is 1. The fourth-order valence-electron chi connectivity index (χ4n) is 2.53. The summed E-state index contributed by atoms with van der Waals surface area (Å²) in [7, 11) is -4.00. The van der Waals surface area contributed by atoms with Crippen molar-refractivity contribution in [3.8, 4) is 0 Å². The second kappa shape index (κ2) is 5.76. The maximum Gasteiger partial charge on any atom is 0.275 e. The van der Waals surface area contributed by atoms with Crippen molar-refractivity contribution in [2.45, 2.75) is 44.4 Å². The smallest absolute Gasteiger partial charge is 0.275 e. The summed E-state index contributed by atoms with van der Waals surface area (Å²) >= 11 is 0. The second-order valence-electron chi connectivity index (χ2n) is 5.99. The molecule has 0 aliphatic carbocycles. The van der Waals surface area contributed by atoms with Crippen molar-refractivity contribution in [3.05, 3.63) is 11.4 Å². The van der Waals surface area contributed by atoms with Crippen LogP contribution in [-0.2, 0) is 10.0 Å². The Bertz CT molecular complexity index is 628. The predicted octanol–water partition coefficient (Wildman–Crippen LogP) is 1.05. The van der Waals surface area contributed by atoms with Gasteiger partial charge in [0.1, 0.15) is 4.90 Å². The summed E-state index contributed by atoms with van der Waals surface area (Å²) in [4.78, 5) is 14.0. The van der Waals surface area contributed by atoms with Crippen molar-refractivity contribution in [1.29, 1.82) is 0 Å². The third-order valence-electron chi connectivity index (χ3n) is 3.88. The third-order valence-corrected chi connectivity index (χ3v) is 4.87. The van der Waals surface area contributed by atoms with Crippen LogP contribution < -0.4 is 5.14 Å². The Morgan fingerprint density at radius 2 is 1.95 bits per heavy atom. The largest absolute Gasteiger partial charge is 0.337 e. The van der Waals surface area contributed by atoms with Gasteiger partial charge in [0.2, 0.25) is 10.0 Å². The van der Waals surface area contributed by atoms with Gasteiger partial charge in [0.05, 0.1) is 5.69 Å². The summed E-state index contributed by atoms with van der Waals surface area (Å²) < 4.78 is 23.7. The van der Waals surface area contributed by atoms with Gasteiger partial charge in [-0.05, 0) is 24.7 Å². The van der Waals surface area contributed by atoms with Gasteiger partial charge >= 0.3 is 0 Å². The van der Waals surface area contributed by atoms with Gasteiger partial charge in [-0.2, -0.15) is 5.10 Å². The predicted molar refractivity (Wildman–Crippen MR) is 78.4 cm³/mol. The van der Waals surface area contributed by atoms with E-state index < -0.39 is 10.0 Å². The molecule has 0 bridgehead atoms. The molecule has 118 valence electrons. The lowest BCUT2D eigenvalue weighted by atomic mass is 9.99. The average molecular weight is 314 g/mol. The number of hydrogen-bond acceptors (Lipinski definition) is 4. The van der Waals surface area contributed by atoms with E-state index in [0.29, 0.717) is 24.7 Å². The Hall–Kier alpha value is -1.41. The van der Waals surface area contributed by atoms with E-state index in [1.165, 1.54) is 0 Å². The minimum atomic E-state index is -4.00. The SMILES string of the molecule is CC1CCN(C(=O)c2n[nH]c(C(C)C)c2S(N)(=O)=O)CC1. The molecule has 0 aromatic carbocycles. The number of nitrogens with zero attached hydrogens (tertiary/aromatic N) is 2. The summed E-state index contributed by atoms with van der Waals surface area (Å²) in [6.45, 7) is 7.02. The molecule has 1 aliphatic heterocycles. The summed E-state index contributed by atoms with van der Waals surface area (Å²) in [5.41, 5.74) is 0.294. The van der Waals surface area contributed by atoms with Crippen LogP contribution in [0.4, 0.5) is 0 Å². The van der Waals surface area contributed by atoms with Crippen molar-refractivity contribution in [2.24, 2.45) is 11.1 Å². The van der Waals surface area contributed by atoms with Crippen molar-refractivity contribution in [2.75, 3.05) is 13.1 Å². The summed E-state index contributed by atoms with van der Waals surface area (Å²) in [6.07, 6.45) is 1.83.